The average Bonchev–Trinajstić information content (AvgIpc) is 2.99. The van der Waals surface area contributed by atoms with E-state index in [1.54, 1.807) is 0 Å². The molecule has 0 saturated carbocycles. The summed E-state index contributed by atoms with van der Waals surface area (Å²) in [5, 5.41) is 11.2. The van der Waals surface area contributed by atoms with Crippen molar-refractivity contribution in [3.8, 4) is 0 Å². The number of rotatable bonds is 8. The van der Waals surface area contributed by atoms with Gasteiger partial charge in [-0.15, -0.1) is 5.10 Å². The summed E-state index contributed by atoms with van der Waals surface area (Å²) in [6.45, 7) is 10.5. The fraction of sp³-hybridized carbons (Fsp3) is 0.529. The van der Waals surface area contributed by atoms with Gasteiger partial charge in [0.05, 0.1) is 0 Å². The predicted octanol–water partition coefficient (Wildman–Crippen LogP) is 2.65. The maximum atomic E-state index is 6.15. The lowest BCUT2D eigenvalue weighted by Crippen LogP contribution is -2.40. The Hall–Kier alpha value is -1.92. The molecule has 0 radical (unpaired) electrons. The van der Waals surface area contributed by atoms with Crippen molar-refractivity contribution >= 4 is 6.01 Å². The maximum Gasteiger partial charge on any atom is 0.315 e. The smallest absolute Gasteiger partial charge is 0.315 e. The third kappa shape index (κ3) is 4.77. The van der Waals surface area contributed by atoms with Gasteiger partial charge in [-0.1, -0.05) is 35.4 Å². The second-order valence-corrected chi connectivity index (χ2v) is 6.19. The van der Waals surface area contributed by atoms with Gasteiger partial charge < -0.3 is 15.5 Å². The Balaban J connectivity index is 1.90. The first-order valence-corrected chi connectivity index (χ1v) is 8.12. The summed E-state index contributed by atoms with van der Waals surface area (Å²) in [5.74, 6) is 0.420. The predicted molar refractivity (Wildman–Crippen MR) is 92.2 cm³/mol. The van der Waals surface area contributed by atoms with E-state index in [0.29, 0.717) is 24.0 Å². The first-order chi connectivity index (χ1) is 11.0. The van der Waals surface area contributed by atoms with Crippen LogP contribution in [0.5, 0.6) is 0 Å². The van der Waals surface area contributed by atoms with E-state index in [4.69, 9.17) is 10.2 Å². The van der Waals surface area contributed by atoms with Gasteiger partial charge in [-0.05, 0) is 33.3 Å². The van der Waals surface area contributed by atoms with Gasteiger partial charge in [0.2, 0.25) is 5.89 Å². The molecule has 0 spiro atoms. The summed E-state index contributed by atoms with van der Waals surface area (Å²) in [7, 11) is 0. The highest BCUT2D eigenvalue weighted by Crippen LogP contribution is 2.19. The third-order valence-corrected chi connectivity index (χ3v) is 3.84. The second-order valence-electron chi connectivity index (χ2n) is 6.19. The Morgan fingerprint density at radius 3 is 2.35 bits per heavy atom. The van der Waals surface area contributed by atoms with Gasteiger partial charge in [0.15, 0.2) is 0 Å². The minimum absolute atomic E-state index is 0.401. The molecular formula is C17H27N5O. The van der Waals surface area contributed by atoms with Gasteiger partial charge in [0.1, 0.15) is 6.04 Å². The van der Waals surface area contributed by atoms with E-state index < -0.39 is 6.04 Å². The van der Waals surface area contributed by atoms with Gasteiger partial charge in [0, 0.05) is 25.2 Å². The maximum absolute atomic E-state index is 6.15. The lowest BCUT2D eigenvalue weighted by atomic mass is 10.1. The largest absolute Gasteiger partial charge is 0.406 e. The monoisotopic (exact) mass is 317 g/mol. The average molecular weight is 317 g/mol. The quantitative estimate of drug-likeness (QED) is 0.779. The van der Waals surface area contributed by atoms with Gasteiger partial charge in [-0.25, -0.2) is 0 Å². The fourth-order valence-electron chi connectivity index (χ4n) is 2.64. The Morgan fingerprint density at radius 1 is 1.09 bits per heavy atom. The van der Waals surface area contributed by atoms with Crippen LogP contribution in [-0.2, 0) is 0 Å². The van der Waals surface area contributed by atoms with Crippen LogP contribution in [0.1, 0.15) is 45.2 Å². The van der Waals surface area contributed by atoms with Crippen molar-refractivity contribution in [2.75, 3.05) is 18.4 Å². The van der Waals surface area contributed by atoms with E-state index in [9.17, 15) is 0 Å². The highest BCUT2D eigenvalue weighted by molar-refractivity contribution is 5.25. The summed E-state index contributed by atoms with van der Waals surface area (Å²) >= 11 is 0. The van der Waals surface area contributed by atoms with Crippen LogP contribution in [0.4, 0.5) is 6.01 Å². The van der Waals surface area contributed by atoms with Crippen molar-refractivity contribution in [3.05, 3.63) is 41.8 Å². The molecule has 0 unspecified atom stereocenters. The summed E-state index contributed by atoms with van der Waals surface area (Å²) in [6, 6.07) is 10.8. The molecule has 6 heteroatoms. The molecule has 1 atom stereocenters. The molecule has 0 amide bonds. The molecule has 1 aromatic carbocycles. The summed E-state index contributed by atoms with van der Waals surface area (Å²) in [4.78, 5) is 2.40. The molecule has 1 heterocycles. The number of aromatic nitrogens is 2. The normalized spacial score (nSPS) is 13.0. The van der Waals surface area contributed by atoms with Crippen LogP contribution in [-0.4, -0.2) is 40.3 Å². The zero-order chi connectivity index (χ0) is 16.8. The number of anilines is 1. The lowest BCUT2D eigenvalue weighted by molar-refractivity contribution is 0.182. The van der Waals surface area contributed by atoms with E-state index in [1.807, 2.05) is 30.3 Å². The van der Waals surface area contributed by atoms with E-state index >= 15 is 0 Å². The number of nitrogens with zero attached hydrogens (tertiary/aromatic N) is 3. The van der Waals surface area contributed by atoms with Gasteiger partial charge in [-0.3, -0.25) is 4.90 Å². The van der Waals surface area contributed by atoms with Crippen LogP contribution >= 0.6 is 0 Å². The van der Waals surface area contributed by atoms with Crippen LogP contribution in [0.2, 0.25) is 0 Å². The molecule has 0 aliphatic rings. The Labute approximate surface area is 138 Å². The SMILES string of the molecule is CC(C)N(CCNc1nnc([C@H](N)c2ccccc2)o1)C(C)C. The van der Waals surface area contributed by atoms with Crippen LogP contribution in [0.15, 0.2) is 34.7 Å². The number of hydrogen-bond donors (Lipinski definition) is 2. The number of benzene rings is 1. The van der Waals surface area contributed by atoms with Crippen molar-refractivity contribution in [1.82, 2.24) is 15.1 Å². The molecule has 2 aromatic rings. The summed E-state index contributed by atoms with van der Waals surface area (Å²) < 4.78 is 5.63. The molecule has 1 aromatic heterocycles. The highest BCUT2D eigenvalue weighted by atomic mass is 16.4. The summed E-state index contributed by atoms with van der Waals surface area (Å²) in [5.41, 5.74) is 7.11. The zero-order valence-electron chi connectivity index (χ0n) is 14.4. The van der Waals surface area contributed by atoms with Crippen molar-refractivity contribution in [2.45, 2.75) is 45.8 Å². The molecule has 0 fully saturated rings. The molecule has 0 aliphatic heterocycles. The molecular weight excluding hydrogens is 290 g/mol. The third-order valence-electron chi connectivity index (χ3n) is 3.84. The molecule has 126 valence electrons. The topological polar surface area (TPSA) is 80.2 Å². The minimum Gasteiger partial charge on any atom is -0.406 e. The fourth-order valence-corrected chi connectivity index (χ4v) is 2.64. The number of nitrogens with one attached hydrogen (secondary N) is 1. The van der Waals surface area contributed by atoms with Crippen LogP contribution < -0.4 is 11.1 Å². The molecule has 6 nitrogen and oxygen atoms in total. The summed E-state index contributed by atoms with van der Waals surface area (Å²) in [6.07, 6.45) is 0. The highest BCUT2D eigenvalue weighted by Gasteiger charge is 2.17. The van der Waals surface area contributed by atoms with Crippen LogP contribution in [0, 0.1) is 0 Å². The van der Waals surface area contributed by atoms with Crippen molar-refractivity contribution in [2.24, 2.45) is 5.73 Å². The van der Waals surface area contributed by atoms with Gasteiger partial charge in [0.25, 0.3) is 0 Å². The lowest BCUT2D eigenvalue weighted by Gasteiger charge is -2.30. The second kappa shape index (κ2) is 8.08. The Kier molecular flexibility index (Phi) is 6.12. The molecule has 23 heavy (non-hydrogen) atoms. The van der Waals surface area contributed by atoms with Crippen molar-refractivity contribution < 1.29 is 4.42 Å². The molecule has 0 bridgehead atoms. The van der Waals surface area contributed by atoms with Crippen LogP contribution in [0.3, 0.4) is 0 Å². The van der Waals surface area contributed by atoms with Crippen LogP contribution in [0.25, 0.3) is 0 Å². The number of nitrogens with two attached hydrogens (primary N) is 1. The minimum atomic E-state index is -0.401. The first kappa shape index (κ1) is 17.4. The van der Waals surface area contributed by atoms with E-state index in [0.717, 1.165) is 18.7 Å². The van der Waals surface area contributed by atoms with Crippen molar-refractivity contribution in [3.63, 3.8) is 0 Å². The molecule has 0 saturated heterocycles. The van der Waals surface area contributed by atoms with E-state index in [2.05, 4.69) is 48.1 Å². The zero-order valence-corrected chi connectivity index (χ0v) is 14.4. The van der Waals surface area contributed by atoms with E-state index in [-0.39, 0.29) is 0 Å². The number of hydrogen-bond acceptors (Lipinski definition) is 6. The standard InChI is InChI=1S/C17H27N5O/c1-12(2)22(13(3)4)11-10-19-17-21-20-16(23-17)15(18)14-8-6-5-7-9-14/h5-9,12-13,15H,10-11,18H2,1-4H3,(H,19,21)/t15-/m1/s1. The Morgan fingerprint density at radius 2 is 1.74 bits per heavy atom. The molecule has 0 aliphatic carbocycles. The molecule has 2 rings (SSSR count). The van der Waals surface area contributed by atoms with E-state index in [1.165, 1.54) is 0 Å². The van der Waals surface area contributed by atoms with Crippen molar-refractivity contribution in [1.29, 1.82) is 0 Å². The Bertz CT molecular complexity index is 574. The molecule has 3 N–H and O–H groups in total. The van der Waals surface area contributed by atoms with Gasteiger partial charge in [-0.2, -0.15) is 0 Å². The first-order valence-electron chi connectivity index (χ1n) is 8.12. The van der Waals surface area contributed by atoms with Gasteiger partial charge >= 0.3 is 6.01 Å².